The minimum Gasteiger partial charge on any atom is -0.454 e. The van der Waals surface area contributed by atoms with E-state index in [4.69, 9.17) is 14.2 Å². The molecule has 8 atom stereocenters. The SMILES string of the molecule is CC/C=C\C/C=C\C/C=C\C/C=C\C/C=C\C/C=C\CCCCCCCCCC(O)C(=O)NC(COC1OC(CO)C(O)C(O)C1OC(=O)CCCCCCCCCCC/C=C\C/C=C\C/C=C\C/C=C\CCCCC)C(O)/C=C/CCCCCCCCCCC. The Kier molecular flexibility index (Phi) is 61.4. The number of esters is 1. The van der Waals surface area contributed by atoms with Crippen LogP contribution in [0.1, 0.15) is 297 Å². The summed E-state index contributed by atoms with van der Waals surface area (Å²) in [5.74, 6) is -1.21. The van der Waals surface area contributed by atoms with Gasteiger partial charge < -0.3 is 45.1 Å². The molecule has 0 aromatic heterocycles. The largest absolute Gasteiger partial charge is 0.454 e. The molecule has 0 saturated carbocycles. The first-order valence-corrected chi connectivity index (χ1v) is 37.0. The Balaban J connectivity index is 2.55. The molecule has 0 aromatic carbocycles. The van der Waals surface area contributed by atoms with Crippen LogP contribution >= 0.6 is 0 Å². The van der Waals surface area contributed by atoms with Crippen LogP contribution in [-0.4, -0.2) is 99.6 Å². The highest BCUT2D eigenvalue weighted by molar-refractivity contribution is 5.80. The molecule has 1 aliphatic heterocycles. The number of ether oxygens (including phenoxy) is 3. The van der Waals surface area contributed by atoms with Crippen molar-refractivity contribution in [3.05, 3.63) is 134 Å². The second-order valence-electron chi connectivity index (χ2n) is 24.9. The van der Waals surface area contributed by atoms with Crippen molar-refractivity contribution < 1.29 is 49.3 Å². The van der Waals surface area contributed by atoms with Crippen LogP contribution in [0.5, 0.6) is 0 Å². The van der Waals surface area contributed by atoms with Gasteiger partial charge in [0.15, 0.2) is 12.4 Å². The lowest BCUT2D eigenvalue weighted by Crippen LogP contribution is -2.61. The van der Waals surface area contributed by atoms with E-state index >= 15 is 0 Å². The van der Waals surface area contributed by atoms with E-state index in [1.165, 1.54) is 96.3 Å². The molecule has 1 amide bonds. The third-order valence-electron chi connectivity index (χ3n) is 16.5. The van der Waals surface area contributed by atoms with Gasteiger partial charge in [-0.2, -0.15) is 0 Å². The maximum absolute atomic E-state index is 13.5. The predicted octanol–water partition coefficient (Wildman–Crippen LogP) is 19.5. The Labute approximate surface area is 556 Å². The second kappa shape index (κ2) is 65.8. The van der Waals surface area contributed by atoms with Crippen LogP contribution in [0.3, 0.4) is 0 Å². The first-order valence-electron chi connectivity index (χ1n) is 37.0. The lowest BCUT2D eigenvalue weighted by atomic mass is 9.99. The number of allylic oxidation sites excluding steroid dienone is 21. The Bertz CT molecular complexity index is 2000. The number of amides is 1. The quantitative estimate of drug-likeness (QED) is 0.0195. The minimum absolute atomic E-state index is 0.109. The fourth-order valence-corrected chi connectivity index (χ4v) is 10.8. The molecule has 91 heavy (non-hydrogen) atoms. The highest BCUT2D eigenvalue weighted by Crippen LogP contribution is 2.26. The van der Waals surface area contributed by atoms with Crippen molar-refractivity contribution in [1.82, 2.24) is 5.32 Å². The molecule has 0 aromatic rings. The molecular weight excluding hydrogens is 1130 g/mol. The molecule has 0 aliphatic carbocycles. The van der Waals surface area contributed by atoms with Crippen LogP contribution in [0.2, 0.25) is 0 Å². The van der Waals surface area contributed by atoms with Crippen molar-refractivity contribution in [2.45, 2.75) is 346 Å². The number of unbranched alkanes of at least 4 members (excludes halogenated alkanes) is 28. The summed E-state index contributed by atoms with van der Waals surface area (Å²) in [6.07, 6.45) is 83.4. The number of aliphatic hydroxyl groups is 5. The predicted molar refractivity (Wildman–Crippen MR) is 384 cm³/mol. The third kappa shape index (κ3) is 52.8. The summed E-state index contributed by atoms with van der Waals surface area (Å²) in [7, 11) is 0. The summed E-state index contributed by atoms with van der Waals surface area (Å²) in [4.78, 5) is 26.7. The lowest BCUT2D eigenvalue weighted by molar-refractivity contribution is -0.305. The molecule has 1 aliphatic rings. The van der Waals surface area contributed by atoms with Crippen molar-refractivity contribution >= 4 is 11.9 Å². The second-order valence-corrected chi connectivity index (χ2v) is 24.9. The topological polar surface area (TPSA) is 175 Å². The molecule has 11 nitrogen and oxygen atoms in total. The molecule has 1 fully saturated rings. The molecule has 6 N–H and O–H groups in total. The first kappa shape index (κ1) is 84.8. The van der Waals surface area contributed by atoms with Crippen LogP contribution in [0.4, 0.5) is 0 Å². The maximum Gasteiger partial charge on any atom is 0.306 e. The number of hydrogen-bond acceptors (Lipinski definition) is 10. The van der Waals surface area contributed by atoms with Gasteiger partial charge in [-0.15, -0.1) is 0 Å². The van der Waals surface area contributed by atoms with Gasteiger partial charge in [0.2, 0.25) is 5.91 Å². The van der Waals surface area contributed by atoms with Gasteiger partial charge in [-0.05, 0) is 122 Å². The minimum atomic E-state index is -1.63. The molecular formula is C80H135NO10. The molecule has 1 heterocycles. The van der Waals surface area contributed by atoms with E-state index in [9.17, 15) is 35.1 Å². The van der Waals surface area contributed by atoms with E-state index in [0.717, 1.165) is 154 Å². The number of hydrogen-bond donors (Lipinski definition) is 6. The van der Waals surface area contributed by atoms with Crippen LogP contribution < -0.4 is 5.32 Å². The number of carbonyl (C=O) groups excluding carboxylic acids is 2. The molecule has 1 saturated heterocycles. The van der Waals surface area contributed by atoms with E-state index in [1.54, 1.807) is 6.08 Å². The summed E-state index contributed by atoms with van der Waals surface area (Å²) < 4.78 is 17.7. The average Bonchev–Trinajstić information content (AvgIpc) is 1.02. The van der Waals surface area contributed by atoms with Gasteiger partial charge in [0.25, 0.3) is 0 Å². The van der Waals surface area contributed by atoms with Crippen molar-refractivity contribution in [1.29, 1.82) is 0 Å². The van der Waals surface area contributed by atoms with E-state index in [1.807, 2.05) is 6.08 Å². The Morgan fingerprint density at radius 2 is 0.791 bits per heavy atom. The highest BCUT2D eigenvalue weighted by Gasteiger charge is 2.47. The Morgan fingerprint density at radius 1 is 0.440 bits per heavy atom. The van der Waals surface area contributed by atoms with Crippen molar-refractivity contribution in [2.24, 2.45) is 0 Å². The van der Waals surface area contributed by atoms with Gasteiger partial charge in [0, 0.05) is 6.42 Å². The summed E-state index contributed by atoms with van der Waals surface area (Å²) in [6, 6.07) is -1.04. The number of carbonyl (C=O) groups is 2. The average molecular weight is 1270 g/mol. The zero-order chi connectivity index (χ0) is 66.0. The summed E-state index contributed by atoms with van der Waals surface area (Å²) in [6.45, 7) is 5.65. The van der Waals surface area contributed by atoms with Crippen LogP contribution in [0, 0.1) is 0 Å². The molecule has 8 unspecified atom stereocenters. The van der Waals surface area contributed by atoms with Gasteiger partial charge in [-0.3, -0.25) is 9.59 Å². The summed E-state index contributed by atoms with van der Waals surface area (Å²) in [5, 5.41) is 57.3. The Morgan fingerprint density at radius 3 is 1.21 bits per heavy atom. The van der Waals surface area contributed by atoms with E-state index < -0.39 is 67.4 Å². The fraction of sp³-hybridized carbons (Fsp3) is 0.700. The number of aliphatic hydroxyl groups excluding tert-OH is 5. The number of rotatable bonds is 62. The zero-order valence-corrected chi connectivity index (χ0v) is 57.9. The van der Waals surface area contributed by atoms with Crippen LogP contribution in [-0.2, 0) is 23.8 Å². The highest BCUT2D eigenvalue weighted by atomic mass is 16.7. The van der Waals surface area contributed by atoms with E-state index in [2.05, 4.69) is 148 Å². The van der Waals surface area contributed by atoms with Gasteiger partial charge in [0.05, 0.1) is 25.4 Å². The molecule has 0 radical (unpaired) electrons. The van der Waals surface area contributed by atoms with Gasteiger partial charge in [0.1, 0.15) is 24.4 Å². The van der Waals surface area contributed by atoms with Crippen LogP contribution in [0.15, 0.2) is 134 Å². The molecule has 520 valence electrons. The fourth-order valence-electron chi connectivity index (χ4n) is 10.8. The molecule has 0 spiro atoms. The van der Waals surface area contributed by atoms with Gasteiger partial charge >= 0.3 is 5.97 Å². The zero-order valence-electron chi connectivity index (χ0n) is 57.9. The number of nitrogens with one attached hydrogen (secondary N) is 1. The van der Waals surface area contributed by atoms with Gasteiger partial charge in [-0.25, -0.2) is 0 Å². The standard InChI is InChI=1S/C80H135NO10/c1-4-7-10-13-16-19-22-24-26-28-30-32-34-36-38-39-41-43-45-47-49-52-55-58-61-64-67-73(84)79(88)81-71(72(83)66-63-60-57-54-51-21-18-15-12-9-6-3)70-89-80-78(77(87)76(86)74(69-82)90-80)91-75(85)68-65-62-59-56-53-50-48-46-44-42-40-37-35-33-31-29-27-25-23-20-17-14-11-8-5-2/h7,10,16-17,19-20,24-27,30-33,36-38,40-41,43,63,66,71-74,76-78,80,82-84,86-87H,4-6,8-9,11-15,18,21-23,28-29,34-35,39,42,44-62,64-65,67-70H2,1-3H3,(H,81,88)/b10-7-,19-16-,20-17-,26-24-,27-25-,32-30-,33-31-,38-36-,40-37-,43-41-,66-63+. The molecule has 11 heteroatoms. The molecule has 0 bridgehead atoms. The van der Waals surface area contributed by atoms with E-state index in [-0.39, 0.29) is 19.4 Å². The smallest absolute Gasteiger partial charge is 0.306 e. The maximum atomic E-state index is 13.5. The summed E-state index contributed by atoms with van der Waals surface area (Å²) >= 11 is 0. The van der Waals surface area contributed by atoms with E-state index in [0.29, 0.717) is 12.8 Å². The normalized spacial score (nSPS) is 18.8. The summed E-state index contributed by atoms with van der Waals surface area (Å²) in [5.41, 5.74) is 0. The van der Waals surface area contributed by atoms with Crippen molar-refractivity contribution in [2.75, 3.05) is 13.2 Å². The Hall–Kier alpha value is -4.20. The first-order chi connectivity index (χ1) is 44.7. The van der Waals surface area contributed by atoms with Crippen molar-refractivity contribution in [3.63, 3.8) is 0 Å². The third-order valence-corrected chi connectivity index (χ3v) is 16.5. The monoisotopic (exact) mass is 1270 g/mol. The van der Waals surface area contributed by atoms with Gasteiger partial charge in [-0.1, -0.05) is 302 Å². The van der Waals surface area contributed by atoms with Crippen LogP contribution in [0.25, 0.3) is 0 Å². The molecule has 1 rings (SSSR count). The lowest BCUT2D eigenvalue weighted by Gasteiger charge is -2.41. The van der Waals surface area contributed by atoms with Crippen molar-refractivity contribution in [3.8, 4) is 0 Å².